The van der Waals surface area contributed by atoms with Crippen LogP contribution in [0.3, 0.4) is 0 Å². The number of hydrogen-bond donors (Lipinski definition) is 0. The van der Waals surface area contributed by atoms with E-state index >= 15 is 0 Å². The molecule has 0 atom stereocenters. The van der Waals surface area contributed by atoms with E-state index in [9.17, 15) is 4.79 Å². The van der Waals surface area contributed by atoms with Gasteiger partial charge in [0.25, 0.3) is 0 Å². The van der Waals surface area contributed by atoms with Crippen molar-refractivity contribution in [3.63, 3.8) is 0 Å². The molecule has 0 N–H and O–H groups in total. The predicted molar refractivity (Wildman–Crippen MR) is 93.8 cm³/mol. The summed E-state index contributed by atoms with van der Waals surface area (Å²) in [6.45, 7) is 2.45. The zero-order valence-corrected chi connectivity index (χ0v) is 14.1. The monoisotopic (exact) mass is 346 g/mol. The number of benzene rings is 2. The van der Waals surface area contributed by atoms with Gasteiger partial charge in [0, 0.05) is 10.1 Å². The highest BCUT2D eigenvalue weighted by Gasteiger charge is 2.18. The molecule has 5 heteroatoms. The first kappa shape index (κ1) is 15.8. The van der Waals surface area contributed by atoms with Gasteiger partial charge in [-0.15, -0.1) is 11.3 Å². The molecule has 0 unspecified atom stereocenters. The second kappa shape index (κ2) is 7.02. The van der Waals surface area contributed by atoms with Gasteiger partial charge in [-0.1, -0.05) is 48.0 Å². The van der Waals surface area contributed by atoms with Crippen molar-refractivity contribution < 1.29 is 14.3 Å². The van der Waals surface area contributed by atoms with Gasteiger partial charge >= 0.3 is 5.97 Å². The van der Waals surface area contributed by atoms with Crippen molar-refractivity contribution >= 4 is 39.0 Å². The zero-order chi connectivity index (χ0) is 16.2. The summed E-state index contributed by atoms with van der Waals surface area (Å²) in [5, 5.41) is 1.33. The van der Waals surface area contributed by atoms with E-state index < -0.39 is 5.97 Å². The maximum absolute atomic E-state index is 12.2. The minimum absolute atomic E-state index is 0.178. The molecule has 1 heterocycles. The van der Waals surface area contributed by atoms with Crippen LogP contribution in [-0.4, -0.2) is 19.2 Å². The number of aryl methyl sites for hydroxylation is 1. The van der Waals surface area contributed by atoms with Crippen LogP contribution < -0.4 is 4.74 Å². The quantitative estimate of drug-likeness (QED) is 0.476. The molecule has 3 aromatic rings. The lowest BCUT2D eigenvalue weighted by Crippen LogP contribution is -2.12. The second-order valence-electron chi connectivity index (χ2n) is 4.99. The van der Waals surface area contributed by atoms with Crippen LogP contribution >= 0.6 is 22.9 Å². The Labute approximate surface area is 143 Å². The lowest BCUT2D eigenvalue weighted by molar-refractivity contribution is 0.0456. The number of rotatable bonds is 5. The third-order valence-electron chi connectivity index (χ3n) is 3.39. The molecule has 1 aromatic heterocycles. The van der Waals surface area contributed by atoms with Gasteiger partial charge in [-0.25, -0.2) is 4.79 Å². The number of hydrogen-bond acceptors (Lipinski definition) is 4. The third-order valence-corrected chi connectivity index (χ3v) is 5.04. The van der Waals surface area contributed by atoms with Gasteiger partial charge in [-0.05, 0) is 24.6 Å². The fourth-order valence-corrected chi connectivity index (χ4v) is 3.62. The molecule has 0 aliphatic rings. The summed E-state index contributed by atoms with van der Waals surface area (Å²) in [5.74, 6) is 0.382. The summed E-state index contributed by atoms with van der Waals surface area (Å²) in [6, 6.07) is 15.4. The van der Waals surface area contributed by atoms with Crippen LogP contribution in [0.2, 0.25) is 5.02 Å². The number of thiophene rings is 1. The predicted octanol–water partition coefficient (Wildman–Crippen LogP) is 5.10. The highest BCUT2D eigenvalue weighted by atomic mass is 35.5. The number of esters is 1. The Morgan fingerprint density at radius 1 is 1.09 bits per heavy atom. The Kier molecular flexibility index (Phi) is 4.84. The molecule has 0 spiro atoms. The molecule has 3 nitrogen and oxygen atoms in total. The van der Waals surface area contributed by atoms with E-state index in [1.165, 1.54) is 11.3 Å². The average molecular weight is 347 g/mol. The first-order valence-electron chi connectivity index (χ1n) is 7.19. The van der Waals surface area contributed by atoms with Crippen molar-refractivity contribution in [3.05, 3.63) is 64.0 Å². The maximum atomic E-state index is 12.2. The van der Waals surface area contributed by atoms with Crippen LogP contribution in [0, 0.1) is 6.92 Å². The molecule has 118 valence electrons. The number of carbonyl (C=O) groups is 1. The number of halogens is 1. The molecule has 0 fully saturated rings. The minimum atomic E-state index is -0.412. The molecule has 0 aliphatic heterocycles. The summed E-state index contributed by atoms with van der Waals surface area (Å²) >= 11 is 7.60. The first-order valence-corrected chi connectivity index (χ1v) is 8.39. The molecular weight excluding hydrogens is 332 g/mol. The number of carbonyl (C=O) groups excluding carboxylic acids is 1. The fraction of sp³-hybridized carbons (Fsp3) is 0.167. The Morgan fingerprint density at radius 2 is 1.83 bits per heavy atom. The summed E-state index contributed by atoms with van der Waals surface area (Å²) in [7, 11) is 0. The van der Waals surface area contributed by atoms with E-state index in [2.05, 4.69) is 0 Å². The number of ether oxygens (including phenoxy) is 2. The maximum Gasteiger partial charge on any atom is 0.350 e. The van der Waals surface area contributed by atoms with Crippen LogP contribution in [0.15, 0.2) is 48.5 Å². The van der Waals surface area contributed by atoms with E-state index in [4.69, 9.17) is 21.1 Å². The second-order valence-corrected chi connectivity index (χ2v) is 6.42. The lowest BCUT2D eigenvalue weighted by atomic mass is 10.2. The Balaban J connectivity index is 1.59. The average Bonchev–Trinajstić information content (AvgIpc) is 2.90. The van der Waals surface area contributed by atoms with Crippen molar-refractivity contribution in [2.45, 2.75) is 6.92 Å². The molecule has 3 rings (SSSR count). The lowest BCUT2D eigenvalue weighted by Gasteiger charge is -2.09. The first-order chi connectivity index (χ1) is 11.2. The molecule has 0 bridgehead atoms. The van der Waals surface area contributed by atoms with Crippen LogP contribution in [0.1, 0.15) is 15.2 Å². The number of para-hydroxylation sites is 1. The SMILES string of the molecule is Cc1ccccc1OCCOC(=O)c1sc2ccccc2c1Cl. The summed E-state index contributed by atoms with van der Waals surface area (Å²) in [5.41, 5.74) is 1.05. The largest absolute Gasteiger partial charge is 0.490 e. The molecule has 2 aromatic carbocycles. The van der Waals surface area contributed by atoms with Crippen molar-refractivity contribution in [2.24, 2.45) is 0 Å². The third kappa shape index (κ3) is 3.49. The molecule has 23 heavy (non-hydrogen) atoms. The highest BCUT2D eigenvalue weighted by molar-refractivity contribution is 7.21. The number of fused-ring (bicyclic) bond motifs is 1. The minimum Gasteiger partial charge on any atom is -0.490 e. The normalized spacial score (nSPS) is 10.7. The molecular formula is C18H15ClO3S. The molecule has 0 radical (unpaired) electrons. The van der Waals surface area contributed by atoms with Crippen molar-refractivity contribution in [3.8, 4) is 5.75 Å². The van der Waals surface area contributed by atoms with Crippen LogP contribution in [-0.2, 0) is 4.74 Å². The van der Waals surface area contributed by atoms with Gasteiger partial charge < -0.3 is 9.47 Å². The van der Waals surface area contributed by atoms with Gasteiger partial charge in [0.2, 0.25) is 0 Å². The zero-order valence-electron chi connectivity index (χ0n) is 12.5. The summed E-state index contributed by atoms with van der Waals surface area (Å²) < 4.78 is 11.8. The summed E-state index contributed by atoms with van der Waals surface area (Å²) in [6.07, 6.45) is 0. The van der Waals surface area contributed by atoms with Crippen molar-refractivity contribution in [1.29, 1.82) is 0 Å². The van der Waals surface area contributed by atoms with Crippen molar-refractivity contribution in [2.75, 3.05) is 13.2 Å². The standard InChI is InChI=1S/C18H15ClO3S/c1-12-6-2-4-8-14(12)21-10-11-22-18(20)17-16(19)13-7-3-5-9-15(13)23-17/h2-9H,10-11H2,1H3. The smallest absolute Gasteiger partial charge is 0.350 e. The Bertz CT molecular complexity index is 841. The Morgan fingerprint density at radius 3 is 2.61 bits per heavy atom. The van der Waals surface area contributed by atoms with E-state index in [0.717, 1.165) is 21.4 Å². The van der Waals surface area contributed by atoms with Gasteiger partial charge in [0.05, 0.1) is 5.02 Å². The van der Waals surface area contributed by atoms with Gasteiger partial charge in [-0.2, -0.15) is 0 Å². The molecule has 0 amide bonds. The Hall–Kier alpha value is -2.04. The van der Waals surface area contributed by atoms with Gasteiger partial charge in [-0.3, -0.25) is 0 Å². The molecule has 0 saturated heterocycles. The van der Waals surface area contributed by atoms with E-state index in [0.29, 0.717) is 16.5 Å². The van der Waals surface area contributed by atoms with E-state index in [1.807, 2.05) is 55.5 Å². The van der Waals surface area contributed by atoms with Crippen LogP contribution in [0.5, 0.6) is 5.75 Å². The topological polar surface area (TPSA) is 35.5 Å². The van der Waals surface area contributed by atoms with E-state index in [1.54, 1.807) is 0 Å². The summed E-state index contributed by atoms with van der Waals surface area (Å²) in [4.78, 5) is 12.6. The van der Waals surface area contributed by atoms with Gasteiger partial charge in [0.1, 0.15) is 23.8 Å². The molecule has 0 aliphatic carbocycles. The highest BCUT2D eigenvalue weighted by Crippen LogP contribution is 2.35. The van der Waals surface area contributed by atoms with Crippen LogP contribution in [0.4, 0.5) is 0 Å². The van der Waals surface area contributed by atoms with Gasteiger partial charge in [0.15, 0.2) is 0 Å². The van der Waals surface area contributed by atoms with Crippen LogP contribution in [0.25, 0.3) is 10.1 Å². The molecule has 0 saturated carbocycles. The fourth-order valence-electron chi connectivity index (χ4n) is 2.22. The van der Waals surface area contributed by atoms with Crippen molar-refractivity contribution in [1.82, 2.24) is 0 Å². The van der Waals surface area contributed by atoms with E-state index in [-0.39, 0.29) is 6.61 Å².